The largest absolute Gasteiger partial charge is 0.399 e. The van der Waals surface area contributed by atoms with E-state index in [4.69, 9.17) is 5.73 Å². The van der Waals surface area contributed by atoms with Crippen LogP contribution in [0.15, 0.2) is 18.2 Å². The number of nitrogens with zero attached hydrogens (tertiary/aromatic N) is 2. The van der Waals surface area contributed by atoms with Gasteiger partial charge in [-0.1, -0.05) is 6.42 Å². The highest BCUT2D eigenvalue weighted by molar-refractivity contribution is 5.58. The molecule has 1 atom stereocenters. The number of rotatable bonds is 2. The predicted molar refractivity (Wildman–Crippen MR) is 79.1 cm³/mol. The summed E-state index contributed by atoms with van der Waals surface area (Å²) in [5, 5.41) is 0. The van der Waals surface area contributed by atoms with Gasteiger partial charge >= 0.3 is 0 Å². The number of anilines is 2. The first-order chi connectivity index (χ1) is 8.58. The fourth-order valence-corrected chi connectivity index (χ4v) is 2.63. The molecule has 0 bridgehead atoms. The quantitative estimate of drug-likeness (QED) is 0.815. The molecule has 3 heteroatoms. The van der Waals surface area contributed by atoms with E-state index in [1.807, 2.05) is 6.07 Å². The summed E-state index contributed by atoms with van der Waals surface area (Å²) in [5.41, 5.74) is 9.28. The molecule has 1 saturated heterocycles. The van der Waals surface area contributed by atoms with Gasteiger partial charge in [0.15, 0.2) is 0 Å². The van der Waals surface area contributed by atoms with Gasteiger partial charge in [-0.2, -0.15) is 0 Å². The molecule has 1 aliphatic rings. The summed E-state index contributed by atoms with van der Waals surface area (Å²) >= 11 is 0. The highest BCUT2D eigenvalue weighted by atomic mass is 15.2. The number of nitrogen functional groups attached to an aromatic ring is 1. The summed E-state index contributed by atoms with van der Waals surface area (Å²) in [7, 11) is 4.37. The van der Waals surface area contributed by atoms with E-state index in [0.29, 0.717) is 6.04 Å². The number of likely N-dealkylation sites (N-methyl/N-ethyl adjacent to an activating group) is 1. The van der Waals surface area contributed by atoms with Gasteiger partial charge in [-0.25, -0.2) is 0 Å². The summed E-state index contributed by atoms with van der Waals surface area (Å²) in [6.45, 7) is 4.37. The van der Waals surface area contributed by atoms with Crippen LogP contribution in [-0.4, -0.2) is 38.1 Å². The summed E-state index contributed by atoms with van der Waals surface area (Å²) in [5.74, 6) is 0. The molecule has 3 nitrogen and oxygen atoms in total. The van der Waals surface area contributed by atoms with Crippen LogP contribution in [0.3, 0.4) is 0 Å². The molecule has 18 heavy (non-hydrogen) atoms. The molecule has 0 amide bonds. The molecule has 100 valence electrons. The van der Waals surface area contributed by atoms with Crippen LogP contribution >= 0.6 is 0 Å². The maximum absolute atomic E-state index is 5.90. The maximum Gasteiger partial charge on any atom is 0.0370 e. The monoisotopic (exact) mass is 247 g/mol. The Morgan fingerprint density at radius 3 is 2.72 bits per heavy atom. The molecule has 0 spiro atoms. The molecular weight excluding hydrogens is 222 g/mol. The van der Waals surface area contributed by atoms with Gasteiger partial charge in [0.2, 0.25) is 0 Å². The Hall–Kier alpha value is -1.22. The lowest BCUT2D eigenvalue weighted by molar-refractivity contribution is 0.285. The van der Waals surface area contributed by atoms with Crippen molar-refractivity contribution < 1.29 is 0 Å². The molecule has 2 rings (SSSR count). The van der Waals surface area contributed by atoms with Gasteiger partial charge in [0.05, 0.1) is 0 Å². The second kappa shape index (κ2) is 5.61. The third-order valence-electron chi connectivity index (χ3n) is 4.00. The molecule has 1 heterocycles. The summed E-state index contributed by atoms with van der Waals surface area (Å²) in [6.07, 6.45) is 3.92. The molecule has 0 radical (unpaired) electrons. The minimum Gasteiger partial charge on any atom is -0.399 e. The van der Waals surface area contributed by atoms with E-state index in [9.17, 15) is 0 Å². The first-order valence-corrected chi connectivity index (χ1v) is 6.85. The fourth-order valence-electron chi connectivity index (χ4n) is 2.63. The SMILES string of the molecule is Cc1cc(N2CCCCC(N(C)C)C2)ccc1N. The zero-order valence-electron chi connectivity index (χ0n) is 11.8. The van der Waals surface area contributed by atoms with Crippen LogP contribution < -0.4 is 10.6 Å². The van der Waals surface area contributed by atoms with Crippen molar-refractivity contribution in [3.8, 4) is 0 Å². The second-order valence-corrected chi connectivity index (χ2v) is 5.60. The Balaban J connectivity index is 2.17. The number of hydrogen-bond donors (Lipinski definition) is 1. The van der Waals surface area contributed by atoms with Gasteiger partial charge in [0.1, 0.15) is 0 Å². The number of aryl methyl sites for hydroxylation is 1. The minimum absolute atomic E-state index is 0.658. The van der Waals surface area contributed by atoms with Crippen LogP contribution in [-0.2, 0) is 0 Å². The first kappa shape index (κ1) is 13.2. The van der Waals surface area contributed by atoms with E-state index in [-0.39, 0.29) is 0 Å². The van der Waals surface area contributed by atoms with Crippen LogP contribution in [0.25, 0.3) is 0 Å². The Labute approximate surface area is 111 Å². The van der Waals surface area contributed by atoms with Crippen molar-refractivity contribution in [1.29, 1.82) is 0 Å². The number of benzene rings is 1. The van der Waals surface area contributed by atoms with Crippen molar-refractivity contribution in [2.24, 2.45) is 0 Å². The van der Waals surface area contributed by atoms with Crippen molar-refractivity contribution in [1.82, 2.24) is 4.90 Å². The van der Waals surface area contributed by atoms with E-state index in [2.05, 4.69) is 43.0 Å². The normalized spacial score (nSPS) is 21.1. The molecule has 2 N–H and O–H groups in total. The zero-order chi connectivity index (χ0) is 13.1. The zero-order valence-corrected chi connectivity index (χ0v) is 11.8. The Bertz CT molecular complexity index is 401. The van der Waals surface area contributed by atoms with E-state index in [0.717, 1.165) is 18.8 Å². The number of hydrogen-bond acceptors (Lipinski definition) is 3. The number of nitrogens with two attached hydrogens (primary N) is 1. The second-order valence-electron chi connectivity index (χ2n) is 5.60. The Morgan fingerprint density at radius 2 is 2.06 bits per heavy atom. The van der Waals surface area contributed by atoms with Crippen LogP contribution in [0.4, 0.5) is 11.4 Å². The summed E-state index contributed by atoms with van der Waals surface area (Å²) in [6, 6.07) is 7.05. The average molecular weight is 247 g/mol. The van der Waals surface area contributed by atoms with E-state index < -0.39 is 0 Å². The van der Waals surface area contributed by atoms with Crippen LogP contribution in [0.5, 0.6) is 0 Å². The topological polar surface area (TPSA) is 32.5 Å². The smallest absolute Gasteiger partial charge is 0.0370 e. The van der Waals surface area contributed by atoms with Crippen molar-refractivity contribution in [3.05, 3.63) is 23.8 Å². The average Bonchev–Trinajstić information content (AvgIpc) is 2.58. The van der Waals surface area contributed by atoms with Crippen molar-refractivity contribution in [2.45, 2.75) is 32.2 Å². The standard InChI is InChI=1S/C15H25N3/c1-12-10-13(7-8-15(12)16)18-9-5-4-6-14(11-18)17(2)3/h7-8,10,14H,4-6,9,11,16H2,1-3H3. The van der Waals surface area contributed by atoms with Gasteiger partial charge < -0.3 is 15.5 Å². The van der Waals surface area contributed by atoms with E-state index in [1.54, 1.807) is 0 Å². The molecule has 0 saturated carbocycles. The molecule has 0 aromatic heterocycles. The Kier molecular flexibility index (Phi) is 4.12. The lowest BCUT2D eigenvalue weighted by atomic mass is 10.1. The van der Waals surface area contributed by atoms with Gasteiger partial charge in [-0.3, -0.25) is 0 Å². The van der Waals surface area contributed by atoms with Gasteiger partial charge in [0, 0.05) is 30.5 Å². The molecule has 1 fully saturated rings. The predicted octanol–water partition coefficient (Wildman–Crippen LogP) is 2.50. The first-order valence-electron chi connectivity index (χ1n) is 6.85. The highest BCUT2D eigenvalue weighted by Gasteiger charge is 2.20. The molecule has 1 aliphatic heterocycles. The van der Waals surface area contributed by atoms with Crippen LogP contribution in [0.2, 0.25) is 0 Å². The van der Waals surface area contributed by atoms with Crippen molar-refractivity contribution in [3.63, 3.8) is 0 Å². The van der Waals surface area contributed by atoms with Gasteiger partial charge in [-0.05, 0) is 57.6 Å². The van der Waals surface area contributed by atoms with Crippen LogP contribution in [0, 0.1) is 6.92 Å². The molecule has 1 aromatic carbocycles. The van der Waals surface area contributed by atoms with Crippen molar-refractivity contribution in [2.75, 3.05) is 37.8 Å². The third-order valence-corrected chi connectivity index (χ3v) is 4.00. The van der Waals surface area contributed by atoms with E-state index in [1.165, 1.54) is 30.5 Å². The fraction of sp³-hybridized carbons (Fsp3) is 0.600. The van der Waals surface area contributed by atoms with Crippen molar-refractivity contribution >= 4 is 11.4 Å². The van der Waals surface area contributed by atoms with Crippen LogP contribution in [0.1, 0.15) is 24.8 Å². The van der Waals surface area contributed by atoms with E-state index >= 15 is 0 Å². The maximum atomic E-state index is 5.90. The lowest BCUT2D eigenvalue weighted by Gasteiger charge is -2.30. The third kappa shape index (κ3) is 2.96. The molecule has 1 aromatic rings. The molecule has 1 unspecified atom stereocenters. The summed E-state index contributed by atoms with van der Waals surface area (Å²) in [4.78, 5) is 4.85. The van der Waals surface area contributed by atoms with Gasteiger partial charge in [0.25, 0.3) is 0 Å². The molecular formula is C15H25N3. The minimum atomic E-state index is 0.658. The highest BCUT2D eigenvalue weighted by Crippen LogP contribution is 2.24. The summed E-state index contributed by atoms with van der Waals surface area (Å²) < 4.78 is 0. The lowest BCUT2D eigenvalue weighted by Crippen LogP contribution is -2.39. The van der Waals surface area contributed by atoms with Gasteiger partial charge in [-0.15, -0.1) is 0 Å². The molecule has 0 aliphatic carbocycles. The Morgan fingerprint density at radius 1 is 1.28 bits per heavy atom.